The number of benzene rings is 1. The summed E-state index contributed by atoms with van der Waals surface area (Å²) < 4.78 is 22.8. The summed E-state index contributed by atoms with van der Waals surface area (Å²) in [4.78, 5) is 17.4. The molecule has 0 bridgehead atoms. The van der Waals surface area contributed by atoms with Crippen LogP contribution in [0.4, 0.5) is 0 Å². The van der Waals surface area contributed by atoms with Gasteiger partial charge in [-0.2, -0.15) is 0 Å². The van der Waals surface area contributed by atoms with Gasteiger partial charge < -0.3 is 18.9 Å². The van der Waals surface area contributed by atoms with Crippen molar-refractivity contribution in [2.75, 3.05) is 19.8 Å². The Labute approximate surface area is 222 Å². The van der Waals surface area contributed by atoms with Crippen LogP contribution < -0.4 is 4.74 Å². The molecule has 0 fully saturated rings. The van der Waals surface area contributed by atoms with Crippen molar-refractivity contribution in [2.45, 2.75) is 79.2 Å². The first-order chi connectivity index (χ1) is 17.7. The Morgan fingerprint density at radius 2 is 1.95 bits per heavy atom. The Bertz CT molecular complexity index is 1030. The van der Waals surface area contributed by atoms with Crippen LogP contribution in [-0.4, -0.2) is 37.1 Å². The van der Waals surface area contributed by atoms with Crippen molar-refractivity contribution in [1.29, 1.82) is 0 Å². The highest BCUT2D eigenvalue weighted by Gasteiger charge is 2.37. The van der Waals surface area contributed by atoms with Gasteiger partial charge in [0.25, 0.3) is 0 Å². The zero-order chi connectivity index (χ0) is 27.3. The number of hydrogen-bond donors (Lipinski definition) is 0. The van der Waals surface area contributed by atoms with Gasteiger partial charge in [0.1, 0.15) is 18.1 Å². The Morgan fingerprint density at radius 1 is 1.22 bits per heavy atom. The molecule has 0 radical (unpaired) electrons. The van der Waals surface area contributed by atoms with Crippen molar-refractivity contribution in [3.63, 3.8) is 0 Å². The van der Waals surface area contributed by atoms with Crippen molar-refractivity contribution < 1.29 is 23.7 Å². The lowest BCUT2D eigenvalue weighted by molar-refractivity contribution is -0.165. The van der Waals surface area contributed by atoms with Gasteiger partial charge in [0.2, 0.25) is 5.60 Å². The second kappa shape index (κ2) is 15.1. The van der Waals surface area contributed by atoms with Gasteiger partial charge in [-0.15, -0.1) is 0 Å². The molecule has 6 nitrogen and oxygen atoms in total. The van der Waals surface area contributed by atoms with E-state index in [4.69, 9.17) is 23.9 Å². The van der Waals surface area contributed by atoms with Gasteiger partial charge in [-0.25, -0.2) is 4.79 Å². The molecule has 0 saturated carbocycles. The minimum Gasteiger partial charge on any atom is -0.493 e. The Hall–Kier alpha value is -3.28. The summed E-state index contributed by atoms with van der Waals surface area (Å²) in [6, 6.07) is 7.67. The van der Waals surface area contributed by atoms with Gasteiger partial charge in [-0.1, -0.05) is 49.4 Å². The maximum absolute atomic E-state index is 12.5. The van der Waals surface area contributed by atoms with Crippen LogP contribution in [0.1, 0.15) is 72.8 Å². The zero-order valence-electron chi connectivity index (χ0n) is 23.4. The third-order valence-corrected chi connectivity index (χ3v) is 5.97. The molecular weight excluding hydrogens is 466 g/mol. The summed E-state index contributed by atoms with van der Waals surface area (Å²) in [5.41, 5.74) is 3.12. The number of allylic oxidation sites excluding steroid dienone is 6. The number of carbonyl (C=O) groups is 1. The molecule has 0 aromatic heterocycles. The molecule has 2 rings (SSSR count). The highest BCUT2D eigenvalue weighted by molar-refractivity contribution is 5.87. The Morgan fingerprint density at radius 3 is 2.57 bits per heavy atom. The molecule has 0 amide bonds. The van der Waals surface area contributed by atoms with E-state index in [0.717, 1.165) is 47.7 Å². The van der Waals surface area contributed by atoms with Crippen molar-refractivity contribution in [2.24, 2.45) is 4.99 Å². The predicted molar refractivity (Wildman–Crippen MR) is 150 cm³/mol. The van der Waals surface area contributed by atoms with Gasteiger partial charge in [-0.3, -0.25) is 4.99 Å². The molecule has 0 N–H and O–H groups in total. The fraction of sp³-hybridized carbons (Fsp3) is 0.484. The normalized spacial score (nSPS) is 15.6. The first-order valence-corrected chi connectivity index (χ1v) is 13.1. The van der Waals surface area contributed by atoms with Crippen molar-refractivity contribution in [1.82, 2.24) is 0 Å². The second-order valence-corrected chi connectivity index (χ2v) is 9.32. The molecule has 1 aromatic carbocycles. The van der Waals surface area contributed by atoms with Crippen LogP contribution in [0.3, 0.4) is 0 Å². The molecule has 0 aliphatic carbocycles. The summed E-state index contributed by atoms with van der Waals surface area (Å²) in [7, 11) is 0. The van der Waals surface area contributed by atoms with Crippen LogP contribution in [0.2, 0.25) is 0 Å². The minimum atomic E-state index is -1.13. The molecule has 1 heterocycles. The smallest absolute Gasteiger partial charge is 0.350 e. The molecular formula is C31H43NO5. The molecule has 1 aliphatic rings. The molecule has 1 aliphatic heterocycles. The lowest BCUT2D eigenvalue weighted by Crippen LogP contribution is -2.41. The third kappa shape index (κ3) is 9.95. The second-order valence-electron chi connectivity index (χ2n) is 9.32. The molecule has 202 valence electrons. The van der Waals surface area contributed by atoms with Crippen LogP contribution in [0.15, 0.2) is 76.9 Å². The highest BCUT2D eigenvalue weighted by Crippen LogP contribution is 2.25. The number of esters is 1. The van der Waals surface area contributed by atoms with Gasteiger partial charge in [0, 0.05) is 12.8 Å². The van der Waals surface area contributed by atoms with Crippen molar-refractivity contribution in [3.05, 3.63) is 77.4 Å². The maximum atomic E-state index is 12.5. The number of hydrogen-bond acceptors (Lipinski definition) is 6. The SMILES string of the molecule is C=C(C)OC(C)(Cc1ccc(OCCC2=C(C)OCC(CCC(/C=C\CC)=C/C)=N2)cc1)C(=O)OCC. The first kappa shape index (κ1) is 29.9. The lowest BCUT2D eigenvalue weighted by atomic mass is 9.96. The van der Waals surface area contributed by atoms with Gasteiger partial charge in [0.15, 0.2) is 0 Å². The first-order valence-electron chi connectivity index (χ1n) is 13.1. The van der Waals surface area contributed by atoms with Crippen LogP contribution in [0.5, 0.6) is 5.75 Å². The van der Waals surface area contributed by atoms with E-state index in [0.29, 0.717) is 38.4 Å². The molecule has 0 spiro atoms. The van der Waals surface area contributed by atoms with Crippen LogP contribution >= 0.6 is 0 Å². The summed E-state index contributed by atoms with van der Waals surface area (Å²) in [5.74, 6) is 1.67. The molecule has 37 heavy (non-hydrogen) atoms. The van der Waals surface area contributed by atoms with Crippen molar-refractivity contribution >= 4 is 11.7 Å². The average Bonchev–Trinajstić information content (AvgIpc) is 2.86. The number of ether oxygens (including phenoxy) is 4. The molecule has 1 aromatic rings. The van der Waals surface area contributed by atoms with E-state index >= 15 is 0 Å². The topological polar surface area (TPSA) is 66.3 Å². The van der Waals surface area contributed by atoms with Crippen LogP contribution in [0, 0.1) is 0 Å². The van der Waals surface area contributed by atoms with Crippen molar-refractivity contribution in [3.8, 4) is 5.75 Å². The highest BCUT2D eigenvalue weighted by atomic mass is 16.6. The Kier molecular flexibility index (Phi) is 12.2. The fourth-order valence-electron chi connectivity index (χ4n) is 4.00. The molecule has 6 heteroatoms. The van der Waals surface area contributed by atoms with E-state index in [1.807, 2.05) is 31.2 Å². The summed E-state index contributed by atoms with van der Waals surface area (Å²) in [6.07, 6.45) is 10.4. The lowest BCUT2D eigenvalue weighted by Gasteiger charge is -2.28. The van der Waals surface area contributed by atoms with E-state index in [1.165, 1.54) is 5.57 Å². The predicted octanol–water partition coefficient (Wildman–Crippen LogP) is 7.27. The Balaban J connectivity index is 1.93. The standard InChI is InChI=1S/C31H43NO5/c1-8-11-12-25(9-2)13-16-27-22-36-24(6)29(32-27)19-20-35-28-17-14-26(15-18-28)21-31(7,37-23(4)5)30(33)34-10-3/h9,11-12,14-15,17-18H,4,8,10,13,16,19-22H2,1-3,5-7H3/b12-11-,25-9+. The average molecular weight is 510 g/mol. The largest absolute Gasteiger partial charge is 0.493 e. The van der Waals surface area contributed by atoms with E-state index < -0.39 is 11.6 Å². The summed E-state index contributed by atoms with van der Waals surface area (Å²) >= 11 is 0. The van der Waals surface area contributed by atoms with E-state index in [-0.39, 0.29) is 0 Å². The number of aliphatic imine (C=N–C) groups is 1. The van der Waals surface area contributed by atoms with E-state index in [1.54, 1.807) is 20.8 Å². The van der Waals surface area contributed by atoms with Gasteiger partial charge in [-0.05, 0) is 71.6 Å². The molecule has 0 saturated heterocycles. The monoisotopic (exact) mass is 509 g/mol. The molecule has 1 atom stereocenters. The van der Waals surface area contributed by atoms with E-state index in [2.05, 4.69) is 38.7 Å². The number of carbonyl (C=O) groups excluding carboxylic acids is 1. The summed E-state index contributed by atoms with van der Waals surface area (Å²) in [6.45, 7) is 16.5. The number of nitrogens with zero attached hydrogens (tertiary/aromatic N) is 1. The quantitative estimate of drug-likeness (QED) is 0.141. The molecule has 1 unspecified atom stereocenters. The van der Waals surface area contributed by atoms with E-state index in [9.17, 15) is 4.79 Å². The van der Waals surface area contributed by atoms with Gasteiger partial charge >= 0.3 is 5.97 Å². The zero-order valence-corrected chi connectivity index (χ0v) is 23.4. The van der Waals surface area contributed by atoms with Crippen LogP contribution in [-0.2, 0) is 25.4 Å². The van der Waals surface area contributed by atoms with Crippen LogP contribution in [0.25, 0.3) is 0 Å². The minimum absolute atomic E-state index is 0.292. The fourth-order valence-corrected chi connectivity index (χ4v) is 4.00. The summed E-state index contributed by atoms with van der Waals surface area (Å²) in [5, 5.41) is 0. The van der Waals surface area contributed by atoms with Gasteiger partial charge in [0.05, 0.1) is 30.4 Å². The number of rotatable bonds is 15. The maximum Gasteiger partial charge on any atom is 0.350 e. The third-order valence-electron chi connectivity index (χ3n) is 5.97.